The molecule has 0 aliphatic heterocycles. The van der Waals surface area contributed by atoms with E-state index in [9.17, 15) is 0 Å². The number of rotatable bonds is 5. The molecule has 1 unspecified atom stereocenters. The van der Waals surface area contributed by atoms with Gasteiger partial charge in [-0.15, -0.1) is 0 Å². The maximum atomic E-state index is 4.60. The molecule has 0 spiro atoms. The Morgan fingerprint density at radius 2 is 1.90 bits per heavy atom. The van der Waals surface area contributed by atoms with Crippen LogP contribution >= 0.6 is 15.9 Å². The molecule has 2 aromatic rings. The normalized spacial score (nSPS) is 12.7. The van der Waals surface area contributed by atoms with Gasteiger partial charge in [0.05, 0.1) is 15.9 Å². The molecule has 2 rings (SSSR count). The van der Waals surface area contributed by atoms with Crippen molar-refractivity contribution in [3.8, 4) is 0 Å². The van der Waals surface area contributed by atoms with Crippen LogP contribution in [0.2, 0.25) is 0 Å². The number of nitrogens with one attached hydrogen (secondary N) is 1. The van der Waals surface area contributed by atoms with Crippen molar-refractivity contribution < 1.29 is 0 Å². The van der Waals surface area contributed by atoms with E-state index in [1.165, 1.54) is 22.4 Å². The van der Waals surface area contributed by atoms with E-state index < -0.39 is 0 Å². The van der Waals surface area contributed by atoms with Crippen LogP contribution in [0.5, 0.6) is 0 Å². The Morgan fingerprint density at radius 3 is 2.38 bits per heavy atom. The van der Waals surface area contributed by atoms with Gasteiger partial charge in [-0.1, -0.05) is 25.1 Å². The van der Waals surface area contributed by atoms with Gasteiger partial charge in [-0.25, -0.2) is 0 Å². The first-order valence-electron chi connectivity index (χ1n) is 7.43. The molecule has 1 aromatic heterocycles. The Hall–Kier alpha value is -1.13. The van der Waals surface area contributed by atoms with Crippen LogP contribution in [-0.2, 0) is 19.9 Å². The van der Waals surface area contributed by atoms with E-state index in [-0.39, 0.29) is 0 Å². The summed E-state index contributed by atoms with van der Waals surface area (Å²) in [6.45, 7) is 6.50. The molecule has 1 N–H and O–H groups in total. The van der Waals surface area contributed by atoms with Gasteiger partial charge >= 0.3 is 0 Å². The summed E-state index contributed by atoms with van der Waals surface area (Å²) in [5, 5.41) is 8.06. The molecule has 3 nitrogen and oxygen atoms in total. The molecule has 0 amide bonds. The molecule has 1 aromatic carbocycles. The molecule has 0 aliphatic carbocycles. The van der Waals surface area contributed by atoms with Gasteiger partial charge < -0.3 is 5.32 Å². The smallest absolute Gasteiger partial charge is 0.0766 e. The SMILES string of the molecule is CCc1nn(C)c(CC(NC)c2c(C)cccc2C)c1Br. The second-order valence-electron chi connectivity index (χ2n) is 5.54. The summed E-state index contributed by atoms with van der Waals surface area (Å²) in [6.07, 6.45) is 1.87. The number of aryl methyl sites for hydroxylation is 4. The summed E-state index contributed by atoms with van der Waals surface area (Å²) >= 11 is 3.72. The van der Waals surface area contributed by atoms with E-state index in [0.717, 1.165) is 23.0 Å². The first-order chi connectivity index (χ1) is 9.99. The minimum Gasteiger partial charge on any atom is -0.313 e. The fraction of sp³-hybridized carbons (Fsp3) is 0.471. The van der Waals surface area contributed by atoms with Crippen molar-refractivity contribution in [2.45, 2.75) is 39.7 Å². The first kappa shape index (κ1) is 16.2. The molecule has 1 heterocycles. The second kappa shape index (κ2) is 6.75. The van der Waals surface area contributed by atoms with Gasteiger partial charge in [0.25, 0.3) is 0 Å². The molecule has 1 atom stereocenters. The van der Waals surface area contributed by atoms with Crippen LogP contribution in [0.4, 0.5) is 0 Å². The van der Waals surface area contributed by atoms with Crippen molar-refractivity contribution in [3.63, 3.8) is 0 Å². The number of nitrogens with zero attached hydrogens (tertiary/aromatic N) is 2. The Bertz CT molecular complexity index is 611. The maximum absolute atomic E-state index is 4.60. The highest BCUT2D eigenvalue weighted by molar-refractivity contribution is 9.10. The zero-order chi connectivity index (χ0) is 15.6. The third-order valence-electron chi connectivity index (χ3n) is 4.14. The summed E-state index contributed by atoms with van der Waals surface area (Å²) in [4.78, 5) is 0. The molecule has 0 saturated carbocycles. The van der Waals surface area contributed by atoms with Crippen molar-refractivity contribution in [3.05, 3.63) is 50.8 Å². The van der Waals surface area contributed by atoms with Gasteiger partial charge in [-0.05, 0) is 59.9 Å². The van der Waals surface area contributed by atoms with Crippen molar-refractivity contribution in [2.24, 2.45) is 7.05 Å². The van der Waals surface area contributed by atoms with Gasteiger partial charge in [0.15, 0.2) is 0 Å². The third-order valence-corrected chi connectivity index (χ3v) is 5.05. The number of benzene rings is 1. The van der Waals surface area contributed by atoms with Crippen LogP contribution in [0.15, 0.2) is 22.7 Å². The van der Waals surface area contributed by atoms with Crippen molar-refractivity contribution in [1.29, 1.82) is 0 Å². The molecular formula is C17H24BrN3. The lowest BCUT2D eigenvalue weighted by Gasteiger charge is -2.21. The standard InChI is InChI=1S/C17H24BrN3/c1-6-13-17(18)15(21(5)20-13)10-14(19-4)16-11(2)8-7-9-12(16)3/h7-9,14,19H,6,10H2,1-5H3. The highest BCUT2D eigenvalue weighted by atomic mass is 79.9. The highest BCUT2D eigenvalue weighted by Gasteiger charge is 2.20. The summed E-state index contributed by atoms with van der Waals surface area (Å²) < 4.78 is 3.15. The van der Waals surface area contributed by atoms with E-state index in [0.29, 0.717) is 6.04 Å². The largest absolute Gasteiger partial charge is 0.313 e. The van der Waals surface area contributed by atoms with E-state index in [1.54, 1.807) is 0 Å². The van der Waals surface area contributed by atoms with Crippen LogP contribution in [0.3, 0.4) is 0 Å². The number of aromatic nitrogens is 2. The minimum atomic E-state index is 0.294. The van der Waals surface area contributed by atoms with Gasteiger partial charge in [0.2, 0.25) is 0 Å². The first-order valence-corrected chi connectivity index (χ1v) is 8.22. The average Bonchev–Trinajstić information content (AvgIpc) is 2.72. The highest BCUT2D eigenvalue weighted by Crippen LogP contribution is 2.29. The number of halogens is 1. The molecule has 0 radical (unpaired) electrons. The lowest BCUT2D eigenvalue weighted by atomic mass is 9.93. The van der Waals surface area contributed by atoms with Crippen molar-refractivity contribution in [2.75, 3.05) is 7.05 Å². The predicted octanol–water partition coefficient (Wildman–Crippen LogP) is 3.87. The van der Waals surface area contributed by atoms with Crippen LogP contribution < -0.4 is 5.32 Å². The summed E-state index contributed by atoms with van der Waals surface area (Å²) in [7, 11) is 4.05. The Morgan fingerprint density at radius 1 is 1.29 bits per heavy atom. The van der Waals surface area contributed by atoms with Crippen molar-refractivity contribution >= 4 is 15.9 Å². The predicted molar refractivity (Wildman–Crippen MR) is 91.7 cm³/mol. The van der Waals surface area contributed by atoms with Gasteiger partial charge in [0.1, 0.15) is 0 Å². The molecular weight excluding hydrogens is 326 g/mol. The fourth-order valence-corrected chi connectivity index (χ4v) is 3.74. The van der Waals surface area contributed by atoms with E-state index in [1.807, 2.05) is 18.8 Å². The maximum Gasteiger partial charge on any atom is 0.0766 e. The molecule has 114 valence electrons. The molecule has 0 bridgehead atoms. The van der Waals surface area contributed by atoms with Crippen LogP contribution in [-0.4, -0.2) is 16.8 Å². The average molecular weight is 350 g/mol. The monoisotopic (exact) mass is 349 g/mol. The second-order valence-corrected chi connectivity index (χ2v) is 6.33. The van der Waals surface area contributed by atoms with Crippen LogP contribution in [0, 0.1) is 13.8 Å². The Balaban J connectivity index is 2.38. The summed E-state index contributed by atoms with van der Waals surface area (Å²) in [5.74, 6) is 0. The van der Waals surface area contributed by atoms with Crippen LogP contribution in [0.1, 0.15) is 41.0 Å². The lowest BCUT2D eigenvalue weighted by molar-refractivity contribution is 0.555. The van der Waals surface area contributed by atoms with E-state index >= 15 is 0 Å². The quantitative estimate of drug-likeness (QED) is 0.887. The molecule has 0 aliphatic rings. The third kappa shape index (κ3) is 3.22. The fourth-order valence-electron chi connectivity index (χ4n) is 2.96. The minimum absolute atomic E-state index is 0.294. The van der Waals surface area contributed by atoms with Gasteiger partial charge in [-0.2, -0.15) is 5.10 Å². The molecule has 4 heteroatoms. The Labute approximate surface area is 135 Å². The molecule has 21 heavy (non-hydrogen) atoms. The zero-order valence-electron chi connectivity index (χ0n) is 13.5. The van der Waals surface area contributed by atoms with E-state index in [2.05, 4.69) is 65.3 Å². The topological polar surface area (TPSA) is 29.9 Å². The summed E-state index contributed by atoms with van der Waals surface area (Å²) in [6, 6.07) is 6.78. The molecule has 0 saturated heterocycles. The Kier molecular flexibility index (Phi) is 5.22. The number of hydrogen-bond donors (Lipinski definition) is 1. The van der Waals surface area contributed by atoms with E-state index in [4.69, 9.17) is 0 Å². The van der Waals surface area contributed by atoms with Gasteiger partial charge in [0, 0.05) is 19.5 Å². The molecule has 0 fully saturated rings. The van der Waals surface area contributed by atoms with Gasteiger partial charge in [-0.3, -0.25) is 4.68 Å². The van der Waals surface area contributed by atoms with Crippen LogP contribution in [0.25, 0.3) is 0 Å². The summed E-state index contributed by atoms with van der Waals surface area (Å²) in [5.41, 5.74) is 6.44. The number of hydrogen-bond acceptors (Lipinski definition) is 2. The number of likely N-dealkylation sites (N-methyl/N-ethyl adjacent to an activating group) is 1. The van der Waals surface area contributed by atoms with Crippen molar-refractivity contribution in [1.82, 2.24) is 15.1 Å². The lowest BCUT2D eigenvalue weighted by Crippen LogP contribution is -2.22. The zero-order valence-corrected chi connectivity index (χ0v) is 15.1.